The number of carbonyl (C=O) groups excluding carboxylic acids is 1. The second-order valence-electron chi connectivity index (χ2n) is 2.05. The Hall–Kier alpha value is -1.09. The Bertz CT molecular complexity index is 298. The standard InChI is InChI=1S/C7H6ClNO2/c1-4(10)5-2-3-9-7(8)6(5)11/h2-3,11H,1H3. The topological polar surface area (TPSA) is 50.2 Å². The number of carbonyl (C=O) groups is 1. The van der Waals surface area contributed by atoms with Crippen molar-refractivity contribution < 1.29 is 9.90 Å². The van der Waals surface area contributed by atoms with Gasteiger partial charge in [0.05, 0.1) is 5.56 Å². The summed E-state index contributed by atoms with van der Waals surface area (Å²) in [6.45, 7) is 1.35. The van der Waals surface area contributed by atoms with E-state index < -0.39 is 0 Å². The molecule has 0 amide bonds. The maximum atomic E-state index is 10.8. The highest BCUT2D eigenvalue weighted by Crippen LogP contribution is 2.24. The second-order valence-corrected chi connectivity index (χ2v) is 2.41. The zero-order valence-electron chi connectivity index (χ0n) is 5.84. The molecule has 0 atom stereocenters. The van der Waals surface area contributed by atoms with Crippen molar-refractivity contribution in [2.75, 3.05) is 0 Å². The second kappa shape index (κ2) is 2.88. The first-order chi connectivity index (χ1) is 5.13. The Morgan fingerprint density at radius 1 is 1.73 bits per heavy atom. The van der Waals surface area contributed by atoms with E-state index in [0.29, 0.717) is 0 Å². The monoisotopic (exact) mass is 171 g/mol. The van der Waals surface area contributed by atoms with E-state index in [1.54, 1.807) is 0 Å². The van der Waals surface area contributed by atoms with Gasteiger partial charge in [0.2, 0.25) is 0 Å². The van der Waals surface area contributed by atoms with E-state index in [-0.39, 0.29) is 22.2 Å². The van der Waals surface area contributed by atoms with E-state index in [9.17, 15) is 4.79 Å². The van der Waals surface area contributed by atoms with Gasteiger partial charge in [-0.1, -0.05) is 11.6 Å². The maximum Gasteiger partial charge on any atom is 0.171 e. The van der Waals surface area contributed by atoms with Crippen molar-refractivity contribution in [3.05, 3.63) is 23.0 Å². The maximum absolute atomic E-state index is 10.8. The SMILES string of the molecule is CC(=O)c1ccnc(Cl)c1O. The lowest BCUT2D eigenvalue weighted by Gasteiger charge is -1.99. The molecule has 0 aliphatic carbocycles. The predicted molar refractivity (Wildman–Crippen MR) is 40.9 cm³/mol. The normalized spacial score (nSPS) is 9.64. The lowest BCUT2D eigenvalue weighted by Crippen LogP contribution is -1.93. The lowest BCUT2D eigenvalue weighted by molar-refractivity contribution is 0.101. The molecular formula is C7H6ClNO2. The molecule has 0 aliphatic heterocycles. The number of nitrogens with zero attached hydrogens (tertiary/aromatic N) is 1. The van der Waals surface area contributed by atoms with Gasteiger partial charge in [-0.2, -0.15) is 0 Å². The molecule has 1 aromatic heterocycles. The third kappa shape index (κ3) is 1.49. The Balaban J connectivity index is 3.27. The average Bonchev–Trinajstić information content (AvgIpc) is 1.94. The highest BCUT2D eigenvalue weighted by atomic mass is 35.5. The molecule has 0 radical (unpaired) electrons. The fraction of sp³-hybridized carbons (Fsp3) is 0.143. The molecule has 3 nitrogen and oxygen atoms in total. The van der Waals surface area contributed by atoms with Gasteiger partial charge in [-0.3, -0.25) is 4.79 Å². The van der Waals surface area contributed by atoms with Gasteiger partial charge in [0.15, 0.2) is 16.7 Å². The van der Waals surface area contributed by atoms with Crippen molar-refractivity contribution in [2.45, 2.75) is 6.92 Å². The predicted octanol–water partition coefficient (Wildman–Crippen LogP) is 1.64. The van der Waals surface area contributed by atoms with Crippen LogP contribution in [0.3, 0.4) is 0 Å². The molecule has 1 heterocycles. The summed E-state index contributed by atoms with van der Waals surface area (Å²) >= 11 is 5.44. The molecule has 0 unspecified atom stereocenters. The number of hydrogen-bond donors (Lipinski definition) is 1. The third-order valence-electron chi connectivity index (χ3n) is 1.26. The number of aromatic hydroxyl groups is 1. The average molecular weight is 172 g/mol. The summed E-state index contributed by atoms with van der Waals surface area (Å²) in [7, 11) is 0. The summed E-state index contributed by atoms with van der Waals surface area (Å²) in [5, 5.41) is 9.11. The van der Waals surface area contributed by atoms with Gasteiger partial charge < -0.3 is 5.11 Å². The summed E-state index contributed by atoms with van der Waals surface area (Å²) in [6.07, 6.45) is 1.37. The van der Waals surface area contributed by atoms with Crippen LogP contribution < -0.4 is 0 Å². The molecule has 0 saturated heterocycles. The zero-order chi connectivity index (χ0) is 8.43. The third-order valence-corrected chi connectivity index (χ3v) is 1.54. The van der Waals surface area contributed by atoms with Gasteiger partial charge in [-0.25, -0.2) is 4.98 Å². The van der Waals surface area contributed by atoms with Gasteiger partial charge >= 0.3 is 0 Å². The number of aromatic nitrogens is 1. The van der Waals surface area contributed by atoms with E-state index in [2.05, 4.69) is 4.98 Å². The van der Waals surface area contributed by atoms with Crippen LogP contribution >= 0.6 is 11.6 Å². The van der Waals surface area contributed by atoms with E-state index in [4.69, 9.17) is 16.7 Å². The van der Waals surface area contributed by atoms with Gasteiger partial charge in [0.1, 0.15) is 0 Å². The molecule has 0 bridgehead atoms. The molecule has 0 aliphatic rings. The molecule has 0 saturated carbocycles. The van der Waals surface area contributed by atoms with Gasteiger partial charge in [0.25, 0.3) is 0 Å². The smallest absolute Gasteiger partial charge is 0.171 e. The number of pyridine rings is 1. The summed E-state index contributed by atoms with van der Waals surface area (Å²) < 4.78 is 0. The van der Waals surface area contributed by atoms with Crippen molar-refractivity contribution in [3.8, 4) is 5.75 Å². The van der Waals surface area contributed by atoms with E-state index in [0.717, 1.165) is 0 Å². The molecule has 11 heavy (non-hydrogen) atoms. The first kappa shape index (κ1) is 8.01. The minimum absolute atomic E-state index is 0.0438. The summed E-state index contributed by atoms with van der Waals surface area (Å²) in [5.74, 6) is -0.478. The first-order valence-corrected chi connectivity index (χ1v) is 3.35. The van der Waals surface area contributed by atoms with Crippen LogP contribution in [0.1, 0.15) is 17.3 Å². The van der Waals surface area contributed by atoms with E-state index in [1.165, 1.54) is 19.2 Å². The molecule has 4 heteroatoms. The van der Waals surface area contributed by atoms with Crippen LogP contribution in [-0.2, 0) is 0 Å². The van der Waals surface area contributed by atoms with Crippen LogP contribution in [0, 0.1) is 0 Å². The number of rotatable bonds is 1. The first-order valence-electron chi connectivity index (χ1n) is 2.97. The fourth-order valence-corrected chi connectivity index (χ4v) is 0.871. The molecule has 58 valence electrons. The largest absolute Gasteiger partial charge is 0.504 e. The van der Waals surface area contributed by atoms with Crippen LogP contribution in [0.4, 0.5) is 0 Å². The van der Waals surface area contributed by atoms with Crippen molar-refractivity contribution in [1.29, 1.82) is 0 Å². The van der Waals surface area contributed by atoms with Crippen LogP contribution in [0.2, 0.25) is 5.15 Å². The fourth-order valence-electron chi connectivity index (χ4n) is 0.713. The van der Waals surface area contributed by atoms with Gasteiger partial charge in [-0.15, -0.1) is 0 Å². The molecule has 0 fully saturated rings. The van der Waals surface area contributed by atoms with Crippen LogP contribution in [-0.4, -0.2) is 15.9 Å². The molecule has 1 aromatic rings. The highest BCUT2D eigenvalue weighted by Gasteiger charge is 2.09. The Morgan fingerprint density at radius 2 is 2.36 bits per heavy atom. The van der Waals surface area contributed by atoms with Crippen molar-refractivity contribution in [2.24, 2.45) is 0 Å². The summed E-state index contributed by atoms with van der Waals surface area (Å²) in [5.41, 5.74) is 0.199. The van der Waals surface area contributed by atoms with Gasteiger partial charge in [0, 0.05) is 6.20 Å². The Morgan fingerprint density at radius 3 is 2.82 bits per heavy atom. The van der Waals surface area contributed by atoms with Crippen molar-refractivity contribution >= 4 is 17.4 Å². The highest BCUT2D eigenvalue weighted by molar-refractivity contribution is 6.31. The number of hydrogen-bond acceptors (Lipinski definition) is 3. The van der Waals surface area contributed by atoms with Crippen LogP contribution in [0.5, 0.6) is 5.75 Å². The minimum atomic E-state index is -0.248. The van der Waals surface area contributed by atoms with Crippen LogP contribution in [0.15, 0.2) is 12.3 Å². The van der Waals surface area contributed by atoms with Crippen molar-refractivity contribution in [3.63, 3.8) is 0 Å². The van der Waals surface area contributed by atoms with E-state index >= 15 is 0 Å². The summed E-state index contributed by atoms with van der Waals surface area (Å²) in [6, 6.07) is 1.42. The molecule has 1 N–H and O–H groups in total. The molecule has 1 rings (SSSR count). The van der Waals surface area contributed by atoms with Crippen LogP contribution in [0.25, 0.3) is 0 Å². The molecular weight excluding hydrogens is 166 g/mol. The quantitative estimate of drug-likeness (QED) is 0.516. The van der Waals surface area contributed by atoms with Crippen molar-refractivity contribution in [1.82, 2.24) is 4.98 Å². The minimum Gasteiger partial charge on any atom is -0.504 e. The number of Topliss-reactive ketones (excluding diaryl/α,β-unsaturated/α-hetero) is 1. The lowest BCUT2D eigenvalue weighted by atomic mass is 10.2. The Kier molecular flexibility index (Phi) is 2.10. The Labute approximate surface area is 68.6 Å². The number of halogens is 1. The van der Waals surface area contributed by atoms with E-state index in [1.807, 2.05) is 0 Å². The molecule has 0 spiro atoms. The summed E-state index contributed by atoms with van der Waals surface area (Å²) in [4.78, 5) is 14.4. The molecule has 0 aromatic carbocycles. The zero-order valence-corrected chi connectivity index (χ0v) is 6.59. The van der Waals surface area contributed by atoms with Gasteiger partial charge in [-0.05, 0) is 13.0 Å². The number of ketones is 1.